The summed E-state index contributed by atoms with van der Waals surface area (Å²) < 4.78 is 0. The van der Waals surface area contributed by atoms with E-state index in [1.54, 1.807) is 6.92 Å². The van der Waals surface area contributed by atoms with Crippen LogP contribution >= 0.6 is 0 Å². The second kappa shape index (κ2) is 10.2. The lowest BCUT2D eigenvalue weighted by molar-refractivity contribution is -0.0676. The highest BCUT2D eigenvalue weighted by atomic mass is 16.3. The summed E-state index contributed by atoms with van der Waals surface area (Å²) >= 11 is 0. The zero-order chi connectivity index (χ0) is 24.0. The lowest BCUT2D eigenvalue weighted by Gasteiger charge is -2.36. The number of ketones is 1. The van der Waals surface area contributed by atoms with E-state index in [2.05, 4.69) is 0 Å². The van der Waals surface area contributed by atoms with Gasteiger partial charge in [0.25, 0.3) is 0 Å². The summed E-state index contributed by atoms with van der Waals surface area (Å²) in [6.07, 6.45) is 1.12. The Morgan fingerprint density at radius 3 is 1.82 bits per heavy atom. The second-order valence-electron chi connectivity index (χ2n) is 9.11. The summed E-state index contributed by atoms with van der Waals surface area (Å²) in [6, 6.07) is 35.8. The smallest absolute Gasteiger partial charge is 0.193 e. The number of aliphatic hydroxyl groups is 2. The van der Waals surface area contributed by atoms with E-state index in [1.807, 2.05) is 115 Å². The number of hydrogen-bond acceptors (Lipinski definition) is 3. The molecule has 4 rings (SSSR count). The summed E-state index contributed by atoms with van der Waals surface area (Å²) in [7, 11) is 0. The van der Waals surface area contributed by atoms with E-state index in [1.165, 1.54) is 0 Å². The fourth-order valence-corrected chi connectivity index (χ4v) is 4.53. The predicted molar refractivity (Wildman–Crippen MR) is 136 cm³/mol. The van der Waals surface area contributed by atoms with Crippen molar-refractivity contribution in [3.63, 3.8) is 0 Å². The molecule has 3 nitrogen and oxygen atoms in total. The Hall–Kier alpha value is -3.53. The number of carbonyl (C=O) groups is 1. The maximum atomic E-state index is 12.9. The van der Waals surface area contributed by atoms with E-state index in [9.17, 15) is 15.0 Å². The molecule has 0 aliphatic rings. The normalized spacial score (nSPS) is 14.7. The maximum Gasteiger partial charge on any atom is 0.193 e. The molecule has 0 saturated heterocycles. The van der Waals surface area contributed by atoms with Crippen molar-refractivity contribution in [3.8, 4) is 0 Å². The quantitative estimate of drug-likeness (QED) is 0.306. The molecule has 0 heterocycles. The van der Waals surface area contributed by atoms with Crippen LogP contribution in [0.2, 0.25) is 0 Å². The third kappa shape index (κ3) is 5.51. The summed E-state index contributed by atoms with van der Waals surface area (Å²) in [4.78, 5) is 12.9. The van der Waals surface area contributed by atoms with Crippen LogP contribution in [-0.4, -0.2) is 16.0 Å². The van der Waals surface area contributed by atoms with Crippen molar-refractivity contribution in [2.45, 2.75) is 37.4 Å². The topological polar surface area (TPSA) is 57.5 Å². The zero-order valence-corrected chi connectivity index (χ0v) is 19.4. The monoisotopic (exact) mass is 450 g/mol. The Balaban J connectivity index is 1.58. The lowest BCUT2D eigenvalue weighted by Crippen LogP contribution is -2.36. The molecule has 2 unspecified atom stereocenters. The minimum absolute atomic E-state index is 0.0206. The van der Waals surface area contributed by atoms with Gasteiger partial charge in [-0.2, -0.15) is 0 Å². The zero-order valence-electron chi connectivity index (χ0n) is 19.4. The molecule has 4 aromatic rings. The summed E-state index contributed by atoms with van der Waals surface area (Å²) in [5.74, 6) is -0.0206. The molecule has 172 valence electrons. The van der Waals surface area contributed by atoms with Crippen LogP contribution in [0, 0.1) is 0 Å². The average molecular weight is 451 g/mol. The molecule has 0 saturated carbocycles. The summed E-state index contributed by atoms with van der Waals surface area (Å²) in [6.45, 7) is 1.75. The van der Waals surface area contributed by atoms with E-state index < -0.39 is 11.2 Å². The van der Waals surface area contributed by atoms with Crippen LogP contribution in [0.25, 0.3) is 0 Å². The van der Waals surface area contributed by atoms with Crippen LogP contribution in [-0.2, 0) is 17.6 Å². The van der Waals surface area contributed by atoms with Gasteiger partial charge in [-0.05, 0) is 42.5 Å². The molecule has 0 fully saturated rings. The minimum atomic E-state index is -1.25. The van der Waals surface area contributed by atoms with Crippen molar-refractivity contribution in [2.24, 2.45) is 0 Å². The van der Waals surface area contributed by atoms with E-state index >= 15 is 0 Å². The van der Waals surface area contributed by atoms with Gasteiger partial charge < -0.3 is 10.2 Å². The molecule has 34 heavy (non-hydrogen) atoms. The van der Waals surface area contributed by atoms with Gasteiger partial charge in [-0.25, -0.2) is 0 Å². The summed E-state index contributed by atoms with van der Waals surface area (Å²) in [5.41, 5.74) is 1.32. The standard InChI is InChI=1S/C31H30O3/c1-30(33,27-16-7-3-8-17-27)23-31(34,28-18-9-4-10-19-28)21-20-24-12-11-15-26(22-24)29(32)25-13-5-2-6-14-25/h2-19,22,33-34H,20-21,23H2,1H3. The van der Waals surface area contributed by atoms with Crippen LogP contribution in [0.4, 0.5) is 0 Å². The van der Waals surface area contributed by atoms with Gasteiger partial charge >= 0.3 is 0 Å². The van der Waals surface area contributed by atoms with Crippen LogP contribution in [0.3, 0.4) is 0 Å². The van der Waals surface area contributed by atoms with Crippen molar-refractivity contribution < 1.29 is 15.0 Å². The van der Waals surface area contributed by atoms with Crippen LogP contribution in [0.5, 0.6) is 0 Å². The molecule has 0 aromatic heterocycles. The van der Waals surface area contributed by atoms with Crippen molar-refractivity contribution >= 4 is 5.78 Å². The van der Waals surface area contributed by atoms with Gasteiger partial charge in [-0.3, -0.25) is 4.79 Å². The molecular formula is C31H30O3. The van der Waals surface area contributed by atoms with Gasteiger partial charge in [0, 0.05) is 17.5 Å². The van der Waals surface area contributed by atoms with Gasteiger partial charge in [-0.1, -0.05) is 109 Å². The summed E-state index contributed by atoms with van der Waals surface area (Å²) in [5, 5.41) is 23.2. The predicted octanol–water partition coefficient (Wildman–Crippen LogP) is 6.04. The number of aryl methyl sites for hydroxylation is 1. The Bertz CT molecular complexity index is 1220. The molecular weight excluding hydrogens is 420 g/mol. The third-order valence-electron chi connectivity index (χ3n) is 6.40. The molecule has 2 atom stereocenters. The number of benzene rings is 4. The second-order valence-corrected chi connectivity index (χ2v) is 9.11. The Morgan fingerprint density at radius 1 is 0.676 bits per heavy atom. The maximum absolute atomic E-state index is 12.9. The van der Waals surface area contributed by atoms with Crippen LogP contribution < -0.4 is 0 Å². The first-order valence-corrected chi connectivity index (χ1v) is 11.6. The molecule has 0 aliphatic carbocycles. The van der Waals surface area contributed by atoms with E-state index in [-0.39, 0.29) is 12.2 Å². The highest BCUT2D eigenvalue weighted by Crippen LogP contribution is 2.39. The van der Waals surface area contributed by atoms with E-state index in [0.717, 1.165) is 16.7 Å². The van der Waals surface area contributed by atoms with E-state index in [4.69, 9.17) is 0 Å². The fourth-order valence-electron chi connectivity index (χ4n) is 4.53. The molecule has 4 aromatic carbocycles. The van der Waals surface area contributed by atoms with E-state index in [0.29, 0.717) is 24.0 Å². The SMILES string of the molecule is CC(O)(CC(O)(CCc1cccc(C(=O)c2ccccc2)c1)c1ccccc1)c1ccccc1. The Labute approximate surface area is 201 Å². The highest BCUT2D eigenvalue weighted by molar-refractivity contribution is 6.09. The highest BCUT2D eigenvalue weighted by Gasteiger charge is 2.38. The molecule has 0 aliphatic heterocycles. The van der Waals surface area contributed by atoms with Gasteiger partial charge in [0.1, 0.15) is 0 Å². The van der Waals surface area contributed by atoms with Gasteiger partial charge in [0.05, 0.1) is 11.2 Å². The first-order valence-electron chi connectivity index (χ1n) is 11.6. The molecule has 0 bridgehead atoms. The van der Waals surface area contributed by atoms with Crippen molar-refractivity contribution in [3.05, 3.63) is 143 Å². The van der Waals surface area contributed by atoms with Gasteiger partial charge in [-0.15, -0.1) is 0 Å². The van der Waals surface area contributed by atoms with Crippen LogP contribution in [0.1, 0.15) is 52.4 Å². The molecule has 2 N–H and O–H groups in total. The lowest BCUT2D eigenvalue weighted by atomic mass is 9.76. The van der Waals surface area contributed by atoms with Gasteiger partial charge in [0.15, 0.2) is 5.78 Å². The minimum Gasteiger partial charge on any atom is -0.385 e. The van der Waals surface area contributed by atoms with Gasteiger partial charge in [0.2, 0.25) is 0 Å². The number of carbonyl (C=O) groups excluding carboxylic acids is 1. The largest absolute Gasteiger partial charge is 0.385 e. The number of rotatable bonds is 9. The first kappa shape index (κ1) is 23.6. The van der Waals surface area contributed by atoms with Crippen LogP contribution in [0.15, 0.2) is 115 Å². The Kier molecular flexibility index (Phi) is 7.06. The number of hydrogen-bond donors (Lipinski definition) is 2. The fraction of sp³-hybridized carbons (Fsp3) is 0.194. The molecule has 0 radical (unpaired) electrons. The molecule has 3 heteroatoms. The Morgan fingerprint density at radius 2 is 1.21 bits per heavy atom. The molecule has 0 spiro atoms. The van der Waals surface area contributed by atoms with Crippen molar-refractivity contribution in [1.29, 1.82) is 0 Å². The van der Waals surface area contributed by atoms with Crippen molar-refractivity contribution in [2.75, 3.05) is 0 Å². The first-order chi connectivity index (χ1) is 16.4. The average Bonchev–Trinajstić information content (AvgIpc) is 2.88. The van der Waals surface area contributed by atoms with Crippen molar-refractivity contribution in [1.82, 2.24) is 0 Å². The molecule has 0 amide bonds. The third-order valence-corrected chi connectivity index (χ3v) is 6.40.